The molecule has 0 aromatic heterocycles. The van der Waals surface area contributed by atoms with E-state index in [0.717, 1.165) is 36.8 Å². The predicted octanol–water partition coefficient (Wildman–Crippen LogP) is 6.70. The van der Waals surface area contributed by atoms with Crippen LogP contribution in [-0.2, 0) is 28.0 Å². The summed E-state index contributed by atoms with van der Waals surface area (Å²) in [5, 5.41) is 4.16. The van der Waals surface area contributed by atoms with Gasteiger partial charge in [-0.15, -0.1) is 0 Å². The number of amides is 2. The zero-order valence-electron chi connectivity index (χ0n) is 20.7. The van der Waals surface area contributed by atoms with Gasteiger partial charge in [-0.25, -0.2) is 0 Å². The van der Waals surface area contributed by atoms with Crippen LogP contribution in [0.4, 0.5) is 0 Å². The maximum absolute atomic E-state index is 13.4. The van der Waals surface area contributed by atoms with E-state index in [1.54, 1.807) is 24.0 Å². The lowest BCUT2D eigenvalue weighted by Gasteiger charge is -2.30. The Kier molecular flexibility index (Phi) is 9.06. The van der Waals surface area contributed by atoms with Crippen molar-refractivity contribution in [3.8, 4) is 0 Å². The van der Waals surface area contributed by atoms with Crippen LogP contribution in [-0.4, -0.2) is 28.8 Å². The second kappa shape index (κ2) is 11.6. The Balaban J connectivity index is 1.73. The van der Waals surface area contributed by atoms with Crippen LogP contribution in [0.2, 0.25) is 10.0 Å². The largest absolute Gasteiger partial charge is 0.352 e. The molecule has 2 aromatic rings. The first-order chi connectivity index (χ1) is 16.0. The van der Waals surface area contributed by atoms with Gasteiger partial charge in [-0.05, 0) is 60.4 Å². The first-order valence-corrected chi connectivity index (χ1v) is 12.9. The first-order valence-electron chi connectivity index (χ1n) is 12.2. The molecular formula is C28H36Cl2N2O2. The highest BCUT2D eigenvalue weighted by Gasteiger charge is 2.28. The van der Waals surface area contributed by atoms with E-state index in [1.165, 1.54) is 5.56 Å². The molecule has 0 unspecified atom stereocenters. The molecule has 4 nitrogen and oxygen atoms in total. The molecule has 0 radical (unpaired) electrons. The van der Waals surface area contributed by atoms with Crippen LogP contribution in [0, 0.1) is 0 Å². The minimum absolute atomic E-state index is 0.0695. The molecule has 1 saturated carbocycles. The van der Waals surface area contributed by atoms with Crippen molar-refractivity contribution in [2.75, 3.05) is 0 Å². The molecule has 1 aliphatic rings. The lowest BCUT2D eigenvalue weighted by molar-refractivity contribution is -0.140. The van der Waals surface area contributed by atoms with Crippen LogP contribution >= 0.6 is 23.2 Å². The zero-order chi connectivity index (χ0) is 24.9. The second-order valence-electron chi connectivity index (χ2n) is 10.4. The molecule has 0 saturated heterocycles. The van der Waals surface area contributed by atoms with Gasteiger partial charge < -0.3 is 10.2 Å². The number of halogens is 2. The van der Waals surface area contributed by atoms with Gasteiger partial charge in [-0.3, -0.25) is 9.59 Å². The molecule has 1 N–H and O–H groups in total. The average molecular weight is 504 g/mol. The Hall–Kier alpha value is -2.04. The predicted molar refractivity (Wildman–Crippen MR) is 140 cm³/mol. The summed E-state index contributed by atoms with van der Waals surface area (Å²) < 4.78 is 0. The van der Waals surface area contributed by atoms with E-state index in [-0.39, 0.29) is 29.8 Å². The number of nitrogens with one attached hydrogen (secondary N) is 1. The monoisotopic (exact) mass is 502 g/mol. The molecular weight excluding hydrogens is 467 g/mol. The Bertz CT molecular complexity index is 992. The van der Waals surface area contributed by atoms with Crippen molar-refractivity contribution in [3.05, 3.63) is 69.2 Å². The van der Waals surface area contributed by atoms with Crippen LogP contribution in [0.3, 0.4) is 0 Å². The summed E-state index contributed by atoms with van der Waals surface area (Å²) in [5.74, 6) is -0.181. The van der Waals surface area contributed by atoms with Crippen molar-refractivity contribution in [2.45, 2.75) is 90.3 Å². The molecule has 3 rings (SSSR count). The Morgan fingerprint density at radius 2 is 1.71 bits per heavy atom. The highest BCUT2D eigenvalue weighted by molar-refractivity contribution is 6.35. The van der Waals surface area contributed by atoms with Gasteiger partial charge >= 0.3 is 0 Å². The molecule has 0 bridgehead atoms. The fraction of sp³-hybridized carbons (Fsp3) is 0.500. The molecule has 1 fully saturated rings. The van der Waals surface area contributed by atoms with Gasteiger partial charge in [0.2, 0.25) is 11.8 Å². The number of hydrogen-bond donors (Lipinski definition) is 1. The van der Waals surface area contributed by atoms with Crippen LogP contribution in [0.25, 0.3) is 0 Å². The highest BCUT2D eigenvalue weighted by Crippen LogP contribution is 2.25. The molecule has 1 aliphatic carbocycles. The molecule has 2 amide bonds. The summed E-state index contributed by atoms with van der Waals surface area (Å²) in [4.78, 5) is 28.0. The van der Waals surface area contributed by atoms with Crippen molar-refractivity contribution >= 4 is 35.0 Å². The van der Waals surface area contributed by atoms with Gasteiger partial charge in [0.15, 0.2) is 0 Å². The molecule has 2 aromatic carbocycles. The SMILES string of the molecule is C[C@H](C(=O)NC1CCCC1)N(Cc1ccc(Cl)cc1Cl)C(=O)CCc1ccc(C(C)(C)C)cc1. The molecule has 34 heavy (non-hydrogen) atoms. The van der Waals surface area contributed by atoms with Crippen molar-refractivity contribution in [1.29, 1.82) is 0 Å². The zero-order valence-corrected chi connectivity index (χ0v) is 22.2. The molecule has 0 heterocycles. The minimum Gasteiger partial charge on any atom is -0.352 e. The van der Waals surface area contributed by atoms with Gasteiger partial charge in [0.05, 0.1) is 0 Å². The molecule has 184 valence electrons. The van der Waals surface area contributed by atoms with Crippen molar-refractivity contribution in [1.82, 2.24) is 10.2 Å². The smallest absolute Gasteiger partial charge is 0.242 e. The van der Waals surface area contributed by atoms with Gasteiger partial charge in [-0.1, -0.05) is 87.1 Å². The summed E-state index contributed by atoms with van der Waals surface area (Å²) in [5.41, 5.74) is 3.23. The quantitative estimate of drug-likeness (QED) is 0.436. The standard InChI is InChI=1S/C28H36Cl2N2O2/c1-19(27(34)31-24-7-5-6-8-24)32(18-21-12-15-23(29)17-25(21)30)26(33)16-11-20-9-13-22(14-10-20)28(2,3)4/h9-10,12-15,17,19,24H,5-8,11,16,18H2,1-4H3,(H,31,34)/t19-/m1/s1. The first kappa shape index (κ1) is 26.6. The number of rotatable bonds is 8. The van der Waals surface area contributed by atoms with E-state index in [0.29, 0.717) is 22.9 Å². The summed E-state index contributed by atoms with van der Waals surface area (Å²) in [6.45, 7) is 8.61. The van der Waals surface area contributed by atoms with Gasteiger partial charge in [0, 0.05) is 29.1 Å². The minimum atomic E-state index is -0.594. The Labute approximate surface area is 214 Å². The summed E-state index contributed by atoms with van der Waals surface area (Å²) in [7, 11) is 0. The third kappa shape index (κ3) is 7.23. The van der Waals surface area contributed by atoms with Crippen LogP contribution in [0.15, 0.2) is 42.5 Å². The lowest BCUT2D eigenvalue weighted by atomic mass is 9.86. The van der Waals surface area contributed by atoms with Crippen LogP contribution in [0.5, 0.6) is 0 Å². The molecule has 1 atom stereocenters. The van der Waals surface area contributed by atoms with Crippen molar-refractivity contribution < 1.29 is 9.59 Å². The third-order valence-electron chi connectivity index (χ3n) is 6.67. The van der Waals surface area contributed by atoms with Crippen LogP contribution in [0.1, 0.15) is 76.5 Å². The third-order valence-corrected chi connectivity index (χ3v) is 7.26. The van der Waals surface area contributed by atoms with Gasteiger partial charge in [-0.2, -0.15) is 0 Å². The summed E-state index contributed by atoms with van der Waals surface area (Å²) >= 11 is 12.5. The van der Waals surface area contributed by atoms with Crippen molar-refractivity contribution in [3.63, 3.8) is 0 Å². The molecule has 0 spiro atoms. The van der Waals surface area contributed by atoms with E-state index in [4.69, 9.17) is 23.2 Å². The molecule has 6 heteroatoms. The van der Waals surface area contributed by atoms with E-state index in [9.17, 15) is 9.59 Å². The summed E-state index contributed by atoms with van der Waals surface area (Å²) in [6.07, 6.45) is 5.21. The Morgan fingerprint density at radius 3 is 2.29 bits per heavy atom. The average Bonchev–Trinajstić information content (AvgIpc) is 3.29. The number of aryl methyl sites for hydroxylation is 1. The van der Waals surface area contributed by atoms with E-state index in [2.05, 4.69) is 50.4 Å². The number of nitrogens with zero attached hydrogens (tertiary/aromatic N) is 1. The molecule has 0 aliphatic heterocycles. The van der Waals surface area contributed by atoms with Gasteiger partial charge in [0.1, 0.15) is 6.04 Å². The Morgan fingerprint density at radius 1 is 1.06 bits per heavy atom. The van der Waals surface area contributed by atoms with E-state index in [1.807, 2.05) is 6.07 Å². The van der Waals surface area contributed by atoms with Gasteiger partial charge in [0.25, 0.3) is 0 Å². The lowest BCUT2D eigenvalue weighted by Crippen LogP contribution is -2.49. The highest BCUT2D eigenvalue weighted by atomic mass is 35.5. The normalized spacial score (nSPS) is 15.2. The summed E-state index contributed by atoms with van der Waals surface area (Å²) in [6, 6.07) is 13.3. The maximum atomic E-state index is 13.4. The number of carbonyl (C=O) groups is 2. The van der Waals surface area contributed by atoms with Crippen LogP contribution < -0.4 is 5.32 Å². The fourth-order valence-corrected chi connectivity index (χ4v) is 4.84. The second-order valence-corrected chi connectivity index (χ2v) is 11.2. The number of hydrogen-bond acceptors (Lipinski definition) is 2. The topological polar surface area (TPSA) is 49.4 Å². The maximum Gasteiger partial charge on any atom is 0.242 e. The van der Waals surface area contributed by atoms with E-state index >= 15 is 0 Å². The number of carbonyl (C=O) groups excluding carboxylic acids is 2. The van der Waals surface area contributed by atoms with E-state index < -0.39 is 6.04 Å². The number of benzene rings is 2. The fourth-order valence-electron chi connectivity index (χ4n) is 4.37. The van der Waals surface area contributed by atoms with Crippen molar-refractivity contribution in [2.24, 2.45) is 0 Å².